The monoisotopic (exact) mass is 433 g/mol. The molecule has 4 rings (SSSR count). The van der Waals surface area contributed by atoms with E-state index in [1.807, 2.05) is 37.3 Å². The Morgan fingerprint density at radius 1 is 1.03 bits per heavy atom. The summed E-state index contributed by atoms with van der Waals surface area (Å²) in [6.45, 7) is 3.40. The van der Waals surface area contributed by atoms with Crippen molar-refractivity contribution in [3.8, 4) is 22.8 Å². The molecule has 0 saturated carbocycles. The zero-order valence-electron chi connectivity index (χ0n) is 18.2. The van der Waals surface area contributed by atoms with Crippen LogP contribution in [0.5, 0.6) is 11.5 Å². The maximum atomic E-state index is 12.8. The maximum absolute atomic E-state index is 12.8. The molecule has 2 aromatic heterocycles. The lowest BCUT2D eigenvalue weighted by Crippen LogP contribution is -2.29. The van der Waals surface area contributed by atoms with E-state index < -0.39 is 5.69 Å². The number of benzene rings is 2. The highest BCUT2D eigenvalue weighted by Gasteiger charge is 2.16. The van der Waals surface area contributed by atoms with Crippen molar-refractivity contribution in [2.75, 3.05) is 19.5 Å². The van der Waals surface area contributed by atoms with Gasteiger partial charge in [-0.05, 0) is 55.8 Å². The molecule has 0 atom stereocenters. The standard InChI is InChI=1S/C23H23N5O4/c1-14-5-10-20(32-4)19(11-14)25-22(29)13-27-23(30)28-15(2)24-18(12-21(28)26-27)16-6-8-17(31-3)9-7-16/h5-12H,13H2,1-4H3,(H,25,29). The number of carbonyl (C=O) groups is 1. The van der Waals surface area contributed by atoms with Gasteiger partial charge in [-0.1, -0.05) is 6.07 Å². The quantitative estimate of drug-likeness (QED) is 0.502. The van der Waals surface area contributed by atoms with Crippen LogP contribution in [0, 0.1) is 13.8 Å². The van der Waals surface area contributed by atoms with Gasteiger partial charge in [0.05, 0.1) is 25.6 Å². The van der Waals surface area contributed by atoms with Crippen molar-refractivity contribution in [1.82, 2.24) is 19.2 Å². The molecule has 164 valence electrons. The molecule has 9 nitrogen and oxygen atoms in total. The number of nitrogens with zero attached hydrogens (tertiary/aromatic N) is 4. The number of hydrogen-bond acceptors (Lipinski definition) is 6. The fourth-order valence-corrected chi connectivity index (χ4v) is 3.46. The lowest BCUT2D eigenvalue weighted by molar-refractivity contribution is -0.117. The van der Waals surface area contributed by atoms with Crippen LogP contribution in [0.15, 0.2) is 53.3 Å². The average molecular weight is 433 g/mol. The summed E-state index contributed by atoms with van der Waals surface area (Å²) in [4.78, 5) is 30.0. The molecule has 0 spiro atoms. The molecular formula is C23H23N5O4. The summed E-state index contributed by atoms with van der Waals surface area (Å²) in [6, 6.07) is 14.6. The fraction of sp³-hybridized carbons (Fsp3) is 0.217. The van der Waals surface area contributed by atoms with E-state index in [0.717, 1.165) is 21.6 Å². The molecule has 32 heavy (non-hydrogen) atoms. The summed E-state index contributed by atoms with van der Waals surface area (Å²) in [7, 11) is 3.14. The van der Waals surface area contributed by atoms with Crippen molar-refractivity contribution >= 4 is 17.2 Å². The van der Waals surface area contributed by atoms with Gasteiger partial charge in [0.25, 0.3) is 0 Å². The van der Waals surface area contributed by atoms with Gasteiger partial charge in [0, 0.05) is 11.6 Å². The van der Waals surface area contributed by atoms with Crippen molar-refractivity contribution in [1.29, 1.82) is 0 Å². The van der Waals surface area contributed by atoms with Crippen molar-refractivity contribution in [3.63, 3.8) is 0 Å². The lowest BCUT2D eigenvalue weighted by atomic mass is 10.1. The summed E-state index contributed by atoms with van der Waals surface area (Å²) in [5.41, 5.74) is 3.02. The van der Waals surface area contributed by atoms with Gasteiger partial charge >= 0.3 is 5.69 Å². The van der Waals surface area contributed by atoms with Crippen molar-refractivity contribution < 1.29 is 14.3 Å². The van der Waals surface area contributed by atoms with Crippen LogP contribution in [-0.4, -0.2) is 39.3 Å². The Morgan fingerprint density at radius 2 is 1.78 bits per heavy atom. The van der Waals surface area contributed by atoms with Gasteiger partial charge in [-0.3, -0.25) is 4.79 Å². The number of carbonyl (C=O) groups excluding carboxylic acids is 1. The Labute approximate surface area is 184 Å². The number of rotatable bonds is 6. The Morgan fingerprint density at radius 3 is 2.47 bits per heavy atom. The van der Waals surface area contributed by atoms with Gasteiger partial charge in [-0.2, -0.15) is 0 Å². The zero-order chi connectivity index (χ0) is 22.8. The minimum absolute atomic E-state index is 0.241. The molecule has 0 radical (unpaired) electrons. The molecular weight excluding hydrogens is 410 g/mol. The third-order valence-electron chi connectivity index (χ3n) is 5.04. The molecule has 0 saturated heterocycles. The highest BCUT2D eigenvalue weighted by molar-refractivity contribution is 5.92. The van der Waals surface area contributed by atoms with Crippen LogP contribution in [0.4, 0.5) is 5.69 Å². The van der Waals surface area contributed by atoms with Gasteiger partial charge in [-0.25, -0.2) is 18.9 Å². The number of methoxy groups -OCH3 is 2. The maximum Gasteiger partial charge on any atom is 0.352 e. The Hall–Kier alpha value is -4.14. The second-order valence-electron chi connectivity index (χ2n) is 7.30. The zero-order valence-corrected chi connectivity index (χ0v) is 18.2. The number of ether oxygens (including phenoxy) is 2. The number of aromatic nitrogens is 4. The highest BCUT2D eigenvalue weighted by atomic mass is 16.5. The van der Waals surface area contributed by atoms with Gasteiger partial charge in [0.15, 0.2) is 5.65 Å². The highest BCUT2D eigenvalue weighted by Crippen LogP contribution is 2.25. The van der Waals surface area contributed by atoms with E-state index >= 15 is 0 Å². The molecule has 0 aliphatic rings. The number of aryl methyl sites for hydroxylation is 2. The van der Waals surface area contributed by atoms with E-state index in [4.69, 9.17) is 9.47 Å². The largest absolute Gasteiger partial charge is 0.497 e. The van der Waals surface area contributed by atoms with Crippen LogP contribution in [0.2, 0.25) is 0 Å². The molecule has 1 amide bonds. The van der Waals surface area contributed by atoms with Crippen LogP contribution in [0.25, 0.3) is 16.9 Å². The fourth-order valence-electron chi connectivity index (χ4n) is 3.46. The minimum atomic E-state index is -0.433. The van der Waals surface area contributed by atoms with Crippen molar-refractivity contribution in [3.05, 3.63) is 70.4 Å². The smallest absolute Gasteiger partial charge is 0.352 e. The third kappa shape index (κ3) is 4.04. The number of hydrogen-bond donors (Lipinski definition) is 1. The summed E-state index contributed by atoms with van der Waals surface area (Å²) in [6.07, 6.45) is 0. The molecule has 0 aliphatic carbocycles. The van der Waals surface area contributed by atoms with Crippen LogP contribution in [0.3, 0.4) is 0 Å². The van der Waals surface area contributed by atoms with Gasteiger partial charge < -0.3 is 14.8 Å². The lowest BCUT2D eigenvalue weighted by Gasteiger charge is -2.10. The van der Waals surface area contributed by atoms with E-state index in [9.17, 15) is 9.59 Å². The predicted octanol–water partition coefficient (Wildman–Crippen LogP) is 2.83. The van der Waals surface area contributed by atoms with E-state index in [1.165, 1.54) is 11.5 Å². The molecule has 0 bridgehead atoms. The Balaban J connectivity index is 1.63. The molecule has 0 fully saturated rings. The molecule has 0 unspecified atom stereocenters. The normalized spacial score (nSPS) is 10.9. The topological polar surface area (TPSA) is 99.8 Å². The van der Waals surface area contributed by atoms with Crippen LogP contribution < -0.4 is 20.5 Å². The SMILES string of the molecule is COc1ccc(-c2cc3nn(CC(=O)Nc4cc(C)ccc4OC)c(=O)n3c(C)n2)cc1. The number of fused-ring (bicyclic) bond motifs is 1. The molecule has 0 aliphatic heterocycles. The Bertz CT molecular complexity index is 1360. The van der Waals surface area contributed by atoms with E-state index in [2.05, 4.69) is 15.4 Å². The van der Waals surface area contributed by atoms with E-state index in [-0.39, 0.29) is 12.5 Å². The second-order valence-corrected chi connectivity index (χ2v) is 7.30. The summed E-state index contributed by atoms with van der Waals surface area (Å²) < 4.78 is 13.0. The molecule has 2 aromatic carbocycles. The first-order valence-electron chi connectivity index (χ1n) is 9.95. The van der Waals surface area contributed by atoms with Gasteiger partial charge in [-0.15, -0.1) is 5.10 Å². The molecule has 2 heterocycles. The van der Waals surface area contributed by atoms with Crippen LogP contribution in [0.1, 0.15) is 11.4 Å². The number of amides is 1. The first kappa shape index (κ1) is 21.1. The molecule has 1 N–H and O–H groups in total. The predicted molar refractivity (Wildman–Crippen MR) is 120 cm³/mol. The first-order valence-corrected chi connectivity index (χ1v) is 9.95. The number of anilines is 1. The van der Waals surface area contributed by atoms with E-state index in [1.54, 1.807) is 32.2 Å². The number of nitrogens with one attached hydrogen (secondary N) is 1. The minimum Gasteiger partial charge on any atom is -0.497 e. The third-order valence-corrected chi connectivity index (χ3v) is 5.04. The van der Waals surface area contributed by atoms with Crippen molar-refractivity contribution in [2.24, 2.45) is 0 Å². The van der Waals surface area contributed by atoms with Gasteiger partial charge in [0.1, 0.15) is 23.9 Å². The summed E-state index contributed by atoms with van der Waals surface area (Å²) in [5.74, 6) is 1.37. The summed E-state index contributed by atoms with van der Waals surface area (Å²) >= 11 is 0. The average Bonchev–Trinajstić information content (AvgIpc) is 3.09. The van der Waals surface area contributed by atoms with Crippen LogP contribution in [-0.2, 0) is 11.3 Å². The molecule has 9 heteroatoms. The first-order chi connectivity index (χ1) is 15.4. The van der Waals surface area contributed by atoms with Crippen LogP contribution >= 0.6 is 0 Å². The van der Waals surface area contributed by atoms with E-state index in [0.29, 0.717) is 28.6 Å². The van der Waals surface area contributed by atoms with Gasteiger partial charge in [0.2, 0.25) is 5.91 Å². The van der Waals surface area contributed by atoms with Crippen molar-refractivity contribution in [2.45, 2.75) is 20.4 Å². The molecule has 4 aromatic rings. The Kier molecular flexibility index (Phi) is 5.63. The summed E-state index contributed by atoms with van der Waals surface area (Å²) in [5, 5.41) is 7.13. The second kappa shape index (κ2) is 8.54.